The predicted molar refractivity (Wildman–Crippen MR) is 77.0 cm³/mol. The number of rotatable bonds is 1. The van der Waals surface area contributed by atoms with Gasteiger partial charge in [0.05, 0.1) is 17.5 Å². The molecule has 3 aromatic rings. The summed E-state index contributed by atoms with van der Waals surface area (Å²) in [4.78, 5) is 12.2. The van der Waals surface area contributed by atoms with Crippen LogP contribution in [0.2, 0.25) is 0 Å². The molecule has 2 heterocycles. The third-order valence-electron chi connectivity index (χ3n) is 3.75. The molecular weight excluding hydrogens is 250 g/mol. The lowest BCUT2D eigenvalue weighted by atomic mass is 10.0. The predicted octanol–water partition coefficient (Wildman–Crippen LogP) is 3.81. The summed E-state index contributed by atoms with van der Waals surface area (Å²) in [5.74, 6) is 0.807. The molecule has 1 aliphatic heterocycles. The fourth-order valence-corrected chi connectivity index (χ4v) is 2.77. The standard InChI is InChI=1S/C17H13NO2/c19-15-11-17(20-16-8-4-2-6-13(15)16)18-10-9-12-5-1-3-7-14(12)18/h1-10,17H,11H2. The minimum absolute atomic E-state index is 0.134. The van der Waals surface area contributed by atoms with Crippen molar-refractivity contribution in [3.63, 3.8) is 0 Å². The highest BCUT2D eigenvalue weighted by Gasteiger charge is 2.27. The zero-order chi connectivity index (χ0) is 13.5. The van der Waals surface area contributed by atoms with E-state index in [9.17, 15) is 4.79 Å². The maximum Gasteiger partial charge on any atom is 0.183 e. The van der Waals surface area contributed by atoms with E-state index < -0.39 is 0 Å². The van der Waals surface area contributed by atoms with Crippen LogP contribution < -0.4 is 4.74 Å². The van der Waals surface area contributed by atoms with E-state index in [-0.39, 0.29) is 12.0 Å². The summed E-state index contributed by atoms with van der Waals surface area (Å²) < 4.78 is 8.03. The molecule has 4 rings (SSSR count). The number of hydrogen-bond donors (Lipinski definition) is 0. The van der Waals surface area contributed by atoms with Crippen LogP contribution in [-0.4, -0.2) is 10.4 Å². The first-order valence-electron chi connectivity index (χ1n) is 6.67. The summed E-state index contributed by atoms with van der Waals surface area (Å²) in [7, 11) is 0. The second kappa shape index (κ2) is 4.23. The van der Waals surface area contributed by atoms with Gasteiger partial charge in [-0.05, 0) is 29.7 Å². The molecule has 2 aromatic carbocycles. The number of aromatic nitrogens is 1. The number of fused-ring (bicyclic) bond motifs is 2. The van der Waals surface area contributed by atoms with Gasteiger partial charge in [-0.3, -0.25) is 4.79 Å². The second-order valence-corrected chi connectivity index (χ2v) is 4.98. The maximum absolute atomic E-state index is 12.2. The van der Waals surface area contributed by atoms with E-state index in [0.29, 0.717) is 17.7 Å². The highest BCUT2D eigenvalue weighted by molar-refractivity contribution is 5.99. The monoisotopic (exact) mass is 263 g/mol. The number of ether oxygens (including phenoxy) is 1. The van der Waals surface area contributed by atoms with Crippen LogP contribution in [0.1, 0.15) is 23.0 Å². The van der Waals surface area contributed by atoms with Crippen molar-refractivity contribution in [3.8, 4) is 5.75 Å². The molecule has 1 unspecified atom stereocenters. The number of nitrogens with zero attached hydrogens (tertiary/aromatic N) is 1. The number of Topliss-reactive ketones (excluding diaryl/α,β-unsaturated/α-hetero) is 1. The van der Waals surface area contributed by atoms with Crippen LogP contribution in [0.4, 0.5) is 0 Å². The molecule has 0 radical (unpaired) electrons. The summed E-state index contributed by atoms with van der Waals surface area (Å²) in [6.07, 6.45) is 2.09. The normalized spacial score (nSPS) is 17.8. The molecule has 3 heteroatoms. The molecule has 20 heavy (non-hydrogen) atoms. The summed E-state index contributed by atoms with van der Waals surface area (Å²) in [6.45, 7) is 0. The number of ketones is 1. The van der Waals surface area contributed by atoms with Crippen LogP contribution in [0.3, 0.4) is 0 Å². The summed E-state index contributed by atoms with van der Waals surface area (Å²) in [5.41, 5.74) is 1.77. The lowest BCUT2D eigenvalue weighted by Gasteiger charge is -2.26. The van der Waals surface area contributed by atoms with Gasteiger partial charge < -0.3 is 9.30 Å². The van der Waals surface area contributed by atoms with Crippen LogP contribution in [0, 0.1) is 0 Å². The first-order valence-corrected chi connectivity index (χ1v) is 6.67. The molecule has 0 N–H and O–H groups in total. The Morgan fingerprint density at radius 1 is 1.00 bits per heavy atom. The van der Waals surface area contributed by atoms with E-state index >= 15 is 0 Å². The number of carbonyl (C=O) groups excluding carboxylic acids is 1. The lowest BCUT2D eigenvalue weighted by Crippen LogP contribution is -2.24. The van der Waals surface area contributed by atoms with Gasteiger partial charge in [0, 0.05) is 6.20 Å². The van der Waals surface area contributed by atoms with E-state index in [1.807, 2.05) is 59.3 Å². The molecule has 1 aromatic heterocycles. The van der Waals surface area contributed by atoms with Gasteiger partial charge in [-0.1, -0.05) is 30.3 Å². The van der Waals surface area contributed by atoms with Gasteiger partial charge >= 0.3 is 0 Å². The molecule has 0 saturated heterocycles. The van der Waals surface area contributed by atoms with Crippen molar-refractivity contribution in [1.82, 2.24) is 4.57 Å². The van der Waals surface area contributed by atoms with E-state index in [1.54, 1.807) is 0 Å². The van der Waals surface area contributed by atoms with Gasteiger partial charge in [0.15, 0.2) is 12.0 Å². The number of hydrogen-bond acceptors (Lipinski definition) is 2. The van der Waals surface area contributed by atoms with E-state index in [4.69, 9.17) is 4.74 Å². The van der Waals surface area contributed by atoms with E-state index in [2.05, 4.69) is 6.07 Å². The van der Waals surface area contributed by atoms with Gasteiger partial charge in [-0.15, -0.1) is 0 Å². The molecule has 1 aliphatic rings. The minimum Gasteiger partial charge on any atom is -0.469 e. The van der Waals surface area contributed by atoms with Crippen molar-refractivity contribution < 1.29 is 9.53 Å². The first kappa shape index (κ1) is 11.3. The number of para-hydroxylation sites is 2. The largest absolute Gasteiger partial charge is 0.469 e. The van der Waals surface area contributed by atoms with E-state index in [0.717, 1.165) is 10.9 Å². The first-order chi connectivity index (χ1) is 9.83. The third-order valence-corrected chi connectivity index (χ3v) is 3.75. The fourth-order valence-electron chi connectivity index (χ4n) is 2.77. The summed E-state index contributed by atoms with van der Waals surface area (Å²) in [6, 6.07) is 17.6. The molecule has 0 amide bonds. The maximum atomic E-state index is 12.2. The van der Waals surface area contributed by atoms with Crippen molar-refractivity contribution in [2.45, 2.75) is 12.6 Å². The molecule has 0 saturated carbocycles. The van der Waals surface area contributed by atoms with Crippen molar-refractivity contribution in [1.29, 1.82) is 0 Å². The minimum atomic E-state index is -0.266. The van der Waals surface area contributed by atoms with E-state index in [1.165, 1.54) is 0 Å². The van der Waals surface area contributed by atoms with Gasteiger partial charge in [0.2, 0.25) is 0 Å². The van der Waals surface area contributed by atoms with Crippen LogP contribution >= 0.6 is 0 Å². The van der Waals surface area contributed by atoms with Crippen LogP contribution in [0.25, 0.3) is 10.9 Å². The second-order valence-electron chi connectivity index (χ2n) is 4.98. The fraction of sp³-hybridized carbons (Fsp3) is 0.118. The average Bonchev–Trinajstić information content (AvgIpc) is 2.91. The van der Waals surface area contributed by atoms with Crippen molar-refractivity contribution >= 4 is 16.7 Å². The van der Waals surface area contributed by atoms with Crippen LogP contribution in [0.5, 0.6) is 5.75 Å². The topological polar surface area (TPSA) is 31.2 Å². The highest BCUT2D eigenvalue weighted by Crippen LogP contribution is 2.33. The zero-order valence-corrected chi connectivity index (χ0v) is 10.8. The van der Waals surface area contributed by atoms with Crippen LogP contribution in [-0.2, 0) is 0 Å². The average molecular weight is 263 g/mol. The number of benzene rings is 2. The van der Waals surface area contributed by atoms with Crippen molar-refractivity contribution in [2.24, 2.45) is 0 Å². The number of carbonyl (C=O) groups is 1. The Bertz CT molecular complexity index is 803. The molecule has 98 valence electrons. The molecule has 3 nitrogen and oxygen atoms in total. The Balaban J connectivity index is 1.80. The summed E-state index contributed by atoms with van der Waals surface area (Å²) in [5, 5.41) is 1.16. The third kappa shape index (κ3) is 1.63. The Morgan fingerprint density at radius 2 is 1.80 bits per heavy atom. The van der Waals surface area contributed by atoms with Gasteiger partial charge in [-0.2, -0.15) is 0 Å². The van der Waals surface area contributed by atoms with Gasteiger partial charge in [-0.25, -0.2) is 0 Å². The quantitative estimate of drug-likeness (QED) is 0.668. The molecule has 0 spiro atoms. The van der Waals surface area contributed by atoms with Crippen molar-refractivity contribution in [2.75, 3.05) is 0 Å². The van der Waals surface area contributed by atoms with Crippen LogP contribution in [0.15, 0.2) is 60.8 Å². The molecule has 0 aliphatic carbocycles. The van der Waals surface area contributed by atoms with Crippen molar-refractivity contribution in [3.05, 3.63) is 66.4 Å². The zero-order valence-electron chi connectivity index (χ0n) is 10.8. The smallest absolute Gasteiger partial charge is 0.183 e. The Hall–Kier alpha value is -2.55. The highest BCUT2D eigenvalue weighted by atomic mass is 16.5. The molecular formula is C17H13NO2. The summed E-state index contributed by atoms with van der Waals surface area (Å²) >= 11 is 0. The van der Waals surface area contributed by atoms with Gasteiger partial charge in [0.1, 0.15) is 5.75 Å². The Kier molecular flexibility index (Phi) is 2.39. The Labute approximate surface area is 116 Å². The van der Waals surface area contributed by atoms with Gasteiger partial charge in [0.25, 0.3) is 0 Å². The molecule has 0 fully saturated rings. The lowest BCUT2D eigenvalue weighted by molar-refractivity contribution is 0.0722. The molecule has 0 bridgehead atoms. The Morgan fingerprint density at radius 3 is 2.75 bits per heavy atom. The molecule has 1 atom stereocenters. The SMILES string of the molecule is O=C1CC(n2ccc3ccccc32)Oc2ccccc21.